The average molecular weight is 544 g/mol. The molecule has 0 aromatic heterocycles. The van der Waals surface area contributed by atoms with E-state index in [1.165, 1.54) is 6.07 Å². The molecule has 13 heteroatoms. The van der Waals surface area contributed by atoms with Crippen LogP contribution in [0.2, 0.25) is 0 Å². The molecule has 0 saturated carbocycles. The number of phenolic OH excluding ortho intramolecular Hbond substituents is 9. The Bertz CT molecular complexity index is 1590. The molecule has 0 fully saturated rings. The van der Waals surface area contributed by atoms with Gasteiger partial charge in [0.25, 0.3) is 0 Å². The number of aromatic hydroxyl groups is 9. The van der Waals surface area contributed by atoms with Gasteiger partial charge in [-0.2, -0.15) is 4.39 Å². The van der Waals surface area contributed by atoms with Gasteiger partial charge in [0.2, 0.25) is 11.6 Å². The Kier molecular flexibility index (Phi) is 7.66. The number of carbonyl (C=O) groups is 2. The van der Waals surface area contributed by atoms with Gasteiger partial charge < -0.3 is 46.0 Å². The van der Waals surface area contributed by atoms with Gasteiger partial charge in [-0.3, -0.25) is 9.59 Å². The third-order valence-corrected chi connectivity index (χ3v) is 5.22. The van der Waals surface area contributed by atoms with Crippen molar-refractivity contribution in [1.29, 1.82) is 0 Å². The summed E-state index contributed by atoms with van der Waals surface area (Å²) in [5, 5.41) is 83.2. The first-order valence-electron chi connectivity index (χ1n) is 10.5. The topological polar surface area (TPSA) is 216 Å². The normalized spacial score (nSPS) is 10.4. The number of phenols is 9. The van der Waals surface area contributed by atoms with Crippen LogP contribution in [0.25, 0.3) is 0 Å². The van der Waals surface area contributed by atoms with Gasteiger partial charge in [0.05, 0.1) is 11.1 Å². The van der Waals surface area contributed by atoms with E-state index in [9.17, 15) is 49.0 Å². The van der Waals surface area contributed by atoms with Gasteiger partial charge >= 0.3 is 0 Å². The second-order valence-corrected chi connectivity index (χ2v) is 7.84. The lowest BCUT2D eigenvalue weighted by Crippen LogP contribution is -2.04. The minimum Gasteiger partial charge on any atom is -0.505 e. The van der Waals surface area contributed by atoms with Crippen LogP contribution in [0, 0.1) is 11.6 Å². The van der Waals surface area contributed by atoms with E-state index in [0.29, 0.717) is 6.07 Å². The van der Waals surface area contributed by atoms with E-state index in [1.54, 1.807) is 0 Å². The number of carbonyl (C=O) groups excluding carboxylic acids is 2. The van der Waals surface area contributed by atoms with Crippen molar-refractivity contribution >= 4 is 11.6 Å². The van der Waals surface area contributed by atoms with E-state index in [2.05, 4.69) is 0 Å². The molecule has 0 aliphatic carbocycles. The van der Waals surface area contributed by atoms with Crippen LogP contribution in [0.1, 0.15) is 31.8 Å². The molecule has 0 aliphatic rings. The highest BCUT2D eigenvalue weighted by Crippen LogP contribution is 2.39. The van der Waals surface area contributed by atoms with E-state index < -0.39 is 80.5 Å². The zero-order chi connectivity index (χ0) is 29.2. The van der Waals surface area contributed by atoms with Gasteiger partial charge in [-0.05, 0) is 48.5 Å². The Morgan fingerprint density at radius 1 is 0.462 bits per heavy atom. The Balaban J connectivity index is 0.000000216. The second-order valence-electron chi connectivity index (χ2n) is 7.84. The number of halogens is 2. The van der Waals surface area contributed by atoms with E-state index in [1.807, 2.05) is 0 Å². The van der Waals surface area contributed by atoms with Crippen molar-refractivity contribution in [2.24, 2.45) is 0 Å². The van der Waals surface area contributed by atoms with E-state index in [-0.39, 0.29) is 16.7 Å². The first-order valence-corrected chi connectivity index (χ1v) is 10.5. The molecule has 0 radical (unpaired) electrons. The van der Waals surface area contributed by atoms with Gasteiger partial charge in [-0.1, -0.05) is 0 Å². The van der Waals surface area contributed by atoms with Crippen LogP contribution < -0.4 is 0 Å². The molecule has 0 heterocycles. The summed E-state index contributed by atoms with van der Waals surface area (Å²) in [5.74, 6) is -10.4. The number of benzene rings is 4. The first kappa shape index (κ1) is 27.9. The van der Waals surface area contributed by atoms with Crippen molar-refractivity contribution in [3.63, 3.8) is 0 Å². The van der Waals surface area contributed by atoms with Crippen LogP contribution in [0.4, 0.5) is 8.78 Å². The summed E-state index contributed by atoms with van der Waals surface area (Å²) in [6.45, 7) is 0. The number of ketones is 2. The number of hydrogen-bond donors (Lipinski definition) is 9. The van der Waals surface area contributed by atoms with Crippen molar-refractivity contribution in [2.45, 2.75) is 0 Å². The van der Waals surface area contributed by atoms with Crippen LogP contribution in [-0.2, 0) is 0 Å². The summed E-state index contributed by atoms with van der Waals surface area (Å²) < 4.78 is 26.6. The number of rotatable bonds is 4. The molecule has 0 spiro atoms. The van der Waals surface area contributed by atoms with E-state index in [4.69, 9.17) is 15.3 Å². The fourth-order valence-corrected chi connectivity index (χ4v) is 3.18. The molecule has 4 aromatic carbocycles. The Morgan fingerprint density at radius 3 is 1.54 bits per heavy atom. The van der Waals surface area contributed by atoms with Crippen LogP contribution in [0.15, 0.2) is 54.6 Å². The van der Waals surface area contributed by atoms with E-state index in [0.717, 1.165) is 42.5 Å². The molecule has 0 atom stereocenters. The maximum atomic E-state index is 13.5. The molecule has 202 valence electrons. The molecule has 4 rings (SSSR count). The molecular formula is C26H18F2O11. The zero-order valence-corrected chi connectivity index (χ0v) is 19.3. The highest BCUT2D eigenvalue weighted by Gasteiger charge is 2.21. The lowest BCUT2D eigenvalue weighted by Gasteiger charge is -2.08. The number of hydrogen-bond acceptors (Lipinski definition) is 11. The van der Waals surface area contributed by atoms with Crippen molar-refractivity contribution in [1.82, 2.24) is 0 Å². The maximum Gasteiger partial charge on any atom is 0.206 e. The molecule has 4 aromatic rings. The Hall–Kier alpha value is -5.72. The fourth-order valence-electron chi connectivity index (χ4n) is 3.18. The van der Waals surface area contributed by atoms with Gasteiger partial charge in [0, 0.05) is 17.2 Å². The minimum absolute atomic E-state index is 0.0701. The predicted octanol–water partition coefficient (Wildman–Crippen LogP) is 3.46. The summed E-state index contributed by atoms with van der Waals surface area (Å²) >= 11 is 0. The maximum absolute atomic E-state index is 13.5. The molecule has 0 bridgehead atoms. The zero-order valence-electron chi connectivity index (χ0n) is 19.3. The summed E-state index contributed by atoms with van der Waals surface area (Å²) in [7, 11) is 0. The molecule has 0 amide bonds. The highest BCUT2D eigenvalue weighted by molar-refractivity contribution is 6.11. The molecule has 0 saturated heterocycles. The highest BCUT2D eigenvalue weighted by atomic mass is 19.1. The quantitative estimate of drug-likeness (QED) is 0.134. The first-order chi connectivity index (χ1) is 18.2. The third kappa shape index (κ3) is 5.67. The predicted molar refractivity (Wildman–Crippen MR) is 128 cm³/mol. The molecule has 11 nitrogen and oxygen atoms in total. The largest absolute Gasteiger partial charge is 0.505 e. The summed E-state index contributed by atoms with van der Waals surface area (Å²) in [4.78, 5) is 24.0. The van der Waals surface area contributed by atoms with Gasteiger partial charge in [0.1, 0.15) is 5.82 Å². The lowest BCUT2D eigenvalue weighted by molar-refractivity contribution is 0.102. The third-order valence-electron chi connectivity index (χ3n) is 5.22. The van der Waals surface area contributed by atoms with Crippen molar-refractivity contribution in [3.05, 3.63) is 88.5 Å². The molecular weight excluding hydrogens is 526 g/mol. The lowest BCUT2D eigenvalue weighted by atomic mass is 10.0. The summed E-state index contributed by atoms with van der Waals surface area (Å²) in [6, 6.07) is 8.19. The fraction of sp³-hybridized carbons (Fsp3) is 0. The summed E-state index contributed by atoms with van der Waals surface area (Å²) in [6.07, 6.45) is 0. The van der Waals surface area contributed by atoms with Crippen molar-refractivity contribution in [2.75, 3.05) is 0 Å². The Morgan fingerprint density at radius 2 is 0.949 bits per heavy atom. The smallest absolute Gasteiger partial charge is 0.206 e. The van der Waals surface area contributed by atoms with Crippen LogP contribution >= 0.6 is 0 Å². The summed E-state index contributed by atoms with van der Waals surface area (Å²) in [5.41, 5.74) is -1.22. The molecule has 0 unspecified atom stereocenters. The average Bonchev–Trinajstić information content (AvgIpc) is 2.89. The molecule has 9 N–H and O–H groups in total. The van der Waals surface area contributed by atoms with Gasteiger partial charge in [-0.15, -0.1) is 0 Å². The van der Waals surface area contributed by atoms with Crippen molar-refractivity contribution in [3.8, 4) is 51.7 Å². The van der Waals surface area contributed by atoms with E-state index >= 15 is 0 Å². The van der Waals surface area contributed by atoms with Crippen LogP contribution in [0.5, 0.6) is 51.7 Å². The second kappa shape index (κ2) is 10.7. The van der Waals surface area contributed by atoms with Crippen molar-refractivity contribution < 1.29 is 64.3 Å². The molecule has 0 aliphatic heterocycles. The molecule has 39 heavy (non-hydrogen) atoms. The van der Waals surface area contributed by atoms with Crippen LogP contribution in [-0.4, -0.2) is 57.5 Å². The van der Waals surface area contributed by atoms with Gasteiger partial charge in [-0.25, -0.2) is 4.39 Å². The van der Waals surface area contributed by atoms with Gasteiger partial charge in [0.15, 0.2) is 57.6 Å². The Labute approximate surface area is 216 Å². The SMILES string of the molecule is O=C(c1cc(O)c(F)c(O)c1)c1ccc(O)c(O)c1O.O=C(c1ccc(O)c(O)c1)c1cc(O)c(O)cc1F. The minimum atomic E-state index is -1.28. The monoisotopic (exact) mass is 544 g/mol. The standard InChI is InChI=1S/C13H9FO6.C13H9FO5/c14-10-8(16)3-5(4-9(10)17)11(18)6-1-2-7(15)13(20)12(6)19;14-8-5-12(18)11(17)4-7(8)13(19)6-1-2-9(15)10(16)3-6/h1-4,15-17,19-20H;1-5,15-18H. The van der Waals surface area contributed by atoms with Crippen LogP contribution in [0.3, 0.4) is 0 Å².